The number of nitrogens with one attached hydrogen (secondary N) is 3. The topological polar surface area (TPSA) is 39.8 Å². The quantitative estimate of drug-likeness (QED) is 0.630. The van der Waals surface area contributed by atoms with Crippen molar-refractivity contribution in [2.24, 2.45) is 0 Å². The van der Waals surface area contributed by atoms with Gasteiger partial charge in [0, 0.05) is 25.0 Å². The summed E-state index contributed by atoms with van der Waals surface area (Å²) in [5.41, 5.74) is 1.39. The minimum Gasteiger partial charge on any atom is -0.367 e. The van der Waals surface area contributed by atoms with Gasteiger partial charge in [0.25, 0.3) is 0 Å². The lowest BCUT2D eigenvalue weighted by Gasteiger charge is -2.09. The van der Waals surface area contributed by atoms with E-state index < -0.39 is 0 Å². The second-order valence-electron chi connectivity index (χ2n) is 3.61. The van der Waals surface area contributed by atoms with Crippen molar-refractivity contribution in [1.29, 1.82) is 0 Å². The van der Waals surface area contributed by atoms with Crippen LogP contribution in [-0.4, -0.2) is 30.7 Å². The third-order valence-electron chi connectivity index (χ3n) is 2.57. The second kappa shape index (κ2) is 4.44. The summed E-state index contributed by atoms with van der Waals surface area (Å²) in [4.78, 5) is 3.07. The largest absolute Gasteiger partial charge is 0.367 e. The van der Waals surface area contributed by atoms with Crippen molar-refractivity contribution >= 4 is 0 Å². The Morgan fingerprint density at radius 2 is 2.54 bits per heavy atom. The average molecular weight is 179 g/mol. The number of aromatic nitrogens is 1. The third kappa shape index (κ3) is 2.57. The van der Waals surface area contributed by atoms with Crippen LogP contribution in [0.15, 0.2) is 18.5 Å². The van der Waals surface area contributed by atoms with Crippen molar-refractivity contribution in [3.63, 3.8) is 0 Å². The van der Waals surface area contributed by atoms with E-state index in [1.807, 2.05) is 6.20 Å². The van der Waals surface area contributed by atoms with Gasteiger partial charge in [0.2, 0.25) is 0 Å². The summed E-state index contributed by atoms with van der Waals surface area (Å²) in [6.07, 6.45) is 6.44. The Balaban J connectivity index is 1.63. The lowest BCUT2D eigenvalue weighted by atomic mass is 10.2. The first kappa shape index (κ1) is 8.78. The Kier molecular flexibility index (Phi) is 3.00. The molecule has 1 atom stereocenters. The molecule has 72 valence electrons. The van der Waals surface area contributed by atoms with Gasteiger partial charge in [-0.05, 0) is 37.6 Å². The normalized spacial score (nSPS) is 22.3. The first-order chi connectivity index (χ1) is 6.45. The van der Waals surface area contributed by atoms with Crippen LogP contribution in [0.2, 0.25) is 0 Å². The fraction of sp³-hybridized carbons (Fsp3) is 0.600. The van der Waals surface area contributed by atoms with Crippen LogP contribution in [0.4, 0.5) is 0 Å². The number of H-pyrrole nitrogens is 1. The molecular weight excluding hydrogens is 162 g/mol. The monoisotopic (exact) mass is 179 g/mol. The summed E-state index contributed by atoms with van der Waals surface area (Å²) in [6.45, 7) is 3.39. The molecule has 0 saturated carbocycles. The molecule has 2 rings (SSSR count). The zero-order valence-electron chi connectivity index (χ0n) is 7.84. The third-order valence-corrected chi connectivity index (χ3v) is 2.57. The van der Waals surface area contributed by atoms with Crippen LogP contribution in [0.3, 0.4) is 0 Å². The van der Waals surface area contributed by atoms with Crippen LogP contribution >= 0.6 is 0 Å². The highest BCUT2D eigenvalue weighted by Gasteiger charge is 2.12. The van der Waals surface area contributed by atoms with Gasteiger partial charge in [-0.1, -0.05) is 0 Å². The van der Waals surface area contributed by atoms with E-state index in [1.54, 1.807) is 0 Å². The summed E-state index contributed by atoms with van der Waals surface area (Å²) in [5, 5.41) is 6.89. The molecule has 3 heteroatoms. The standard InChI is InChI=1S/C10H17N3/c1-4-11-7-9(1)2-6-13-10-3-5-12-8-10/h1,4,7,10-13H,2-3,5-6,8H2. The molecule has 0 aromatic carbocycles. The van der Waals surface area contributed by atoms with Crippen molar-refractivity contribution in [3.8, 4) is 0 Å². The van der Waals surface area contributed by atoms with Gasteiger partial charge in [-0.25, -0.2) is 0 Å². The Morgan fingerprint density at radius 1 is 1.54 bits per heavy atom. The Morgan fingerprint density at radius 3 is 3.23 bits per heavy atom. The number of hydrogen-bond donors (Lipinski definition) is 3. The molecule has 3 N–H and O–H groups in total. The summed E-state index contributed by atoms with van der Waals surface area (Å²) in [7, 11) is 0. The molecule has 0 spiro atoms. The summed E-state index contributed by atoms with van der Waals surface area (Å²) >= 11 is 0. The van der Waals surface area contributed by atoms with Crippen molar-refractivity contribution in [2.45, 2.75) is 18.9 Å². The minimum absolute atomic E-state index is 0.693. The van der Waals surface area contributed by atoms with Gasteiger partial charge >= 0.3 is 0 Å². The van der Waals surface area contributed by atoms with E-state index in [9.17, 15) is 0 Å². The van der Waals surface area contributed by atoms with Gasteiger partial charge < -0.3 is 15.6 Å². The molecular formula is C10H17N3. The Labute approximate surface area is 78.9 Å². The van der Waals surface area contributed by atoms with E-state index in [-0.39, 0.29) is 0 Å². The highest BCUT2D eigenvalue weighted by Crippen LogP contribution is 1.99. The van der Waals surface area contributed by atoms with E-state index in [1.165, 1.54) is 18.5 Å². The minimum atomic E-state index is 0.693. The lowest BCUT2D eigenvalue weighted by Crippen LogP contribution is -2.32. The van der Waals surface area contributed by atoms with E-state index in [2.05, 4.69) is 27.9 Å². The number of hydrogen-bond acceptors (Lipinski definition) is 2. The first-order valence-corrected chi connectivity index (χ1v) is 5.01. The van der Waals surface area contributed by atoms with E-state index >= 15 is 0 Å². The SMILES string of the molecule is c1cc(CCNC2CCNC2)c[nH]1. The highest BCUT2D eigenvalue weighted by atomic mass is 15.0. The summed E-state index contributed by atoms with van der Waals surface area (Å²) in [5.74, 6) is 0. The Hall–Kier alpha value is -0.800. The van der Waals surface area contributed by atoms with Crippen molar-refractivity contribution in [1.82, 2.24) is 15.6 Å². The van der Waals surface area contributed by atoms with Gasteiger partial charge in [0.15, 0.2) is 0 Å². The van der Waals surface area contributed by atoms with Crippen LogP contribution in [0, 0.1) is 0 Å². The summed E-state index contributed by atoms with van der Waals surface area (Å²) < 4.78 is 0. The molecule has 1 fully saturated rings. The molecule has 1 saturated heterocycles. The molecule has 1 aromatic rings. The molecule has 1 aliphatic rings. The van der Waals surface area contributed by atoms with Gasteiger partial charge in [0.05, 0.1) is 0 Å². The maximum atomic E-state index is 3.54. The Bertz CT molecular complexity index is 224. The van der Waals surface area contributed by atoms with Crippen LogP contribution in [0.1, 0.15) is 12.0 Å². The maximum absolute atomic E-state index is 3.54. The van der Waals surface area contributed by atoms with E-state index in [0.29, 0.717) is 6.04 Å². The first-order valence-electron chi connectivity index (χ1n) is 5.01. The smallest absolute Gasteiger partial charge is 0.0204 e. The molecule has 2 heterocycles. The predicted octanol–water partition coefficient (Wildman–Crippen LogP) is 0.509. The molecule has 13 heavy (non-hydrogen) atoms. The molecule has 0 radical (unpaired) electrons. The molecule has 1 aromatic heterocycles. The zero-order valence-corrected chi connectivity index (χ0v) is 7.84. The molecule has 1 unspecified atom stereocenters. The van der Waals surface area contributed by atoms with Crippen molar-refractivity contribution in [2.75, 3.05) is 19.6 Å². The highest BCUT2D eigenvalue weighted by molar-refractivity contribution is 5.08. The maximum Gasteiger partial charge on any atom is 0.0204 e. The van der Waals surface area contributed by atoms with Gasteiger partial charge in [0.1, 0.15) is 0 Å². The summed E-state index contributed by atoms with van der Waals surface area (Å²) in [6, 6.07) is 2.83. The van der Waals surface area contributed by atoms with Crippen LogP contribution in [-0.2, 0) is 6.42 Å². The van der Waals surface area contributed by atoms with Crippen LogP contribution < -0.4 is 10.6 Å². The number of aromatic amines is 1. The van der Waals surface area contributed by atoms with Crippen molar-refractivity contribution in [3.05, 3.63) is 24.0 Å². The van der Waals surface area contributed by atoms with Gasteiger partial charge in [-0.2, -0.15) is 0 Å². The number of rotatable bonds is 4. The molecule has 1 aliphatic heterocycles. The molecule has 3 nitrogen and oxygen atoms in total. The second-order valence-corrected chi connectivity index (χ2v) is 3.61. The predicted molar refractivity (Wildman–Crippen MR) is 53.8 cm³/mol. The van der Waals surface area contributed by atoms with Crippen molar-refractivity contribution < 1.29 is 0 Å². The molecule has 0 bridgehead atoms. The van der Waals surface area contributed by atoms with E-state index in [0.717, 1.165) is 19.5 Å². The van der Waals surface area contributed by atoms with E-state index in [4.69, 9.17) is 0 Å². The van der Waals surface area contributed by atoms with Gasteiger partial charge in [-0.15, -0.1) is 0 Å². The van der Waals surface area contributed by atoms with Crippen LogP contribution in [0.25, 0.3) is 0 Å². The molecule has 0 amide bonds. The zero-order chi connectivity index (χ0) is 8.93. The average Bonchev–Trinajstić information content (AvgIpc) is 2.75. The fourth-order valence-corrected chi connectivity index (χ4v) is 1.76. The van der Waals surface area contributed by atoms with Gasteiger partial charge in [-0.3, -0.25) is 0 Å². The molecule has 0 aliphatic carbocycles. The van der Waals surface area contributed by atoms with Crippen LogP contribution in [0.5, 0.6) is 0 Å². The lowest BCUT2D eigenvalue weighted by molar-refractivity contribution is 0.550. The fourth-order valence-electron chi connectivity index (χ4n) is 1.76.